The van der Waals surface area contributed by atoms with Gasteiger partial charge in [-0.1, -0.05) is 6.08 Å². The SMILES string of the molecule is C=CC[C@H]1CN[C@H](CO)C1. The van der Waals surface area contributed by atoms with E-state index in [2.05, 4.69) is 11.9 Å². The van der Waals surface area contributed by atoms with Crippen molar-refractivity contribution in [2.45, 2.75) is 18.9 Å². The highest BCUT2D eigenvalue weighted by Crippen LogP contribution is 2.16. The van der Waals surface area contributed by atoms with Crippen molar-refractivity contribution in [1.82, 2.24) is 5.32 Å². The summed E-state index contributed by atoms with van der Waals surface area (Å²) in [5.74, 6) is 0.703. The van der Waals surface area contributed by atoms with Crippen LogP contribution in [0.3, 0.4) is 0 Å². The lowest BCUT2D eigenvalue weighted by molar-refractivity contribution is 0.253. The van der Waals surface area contributed by atoms with Crippen LogP contribution < -0.4 is 5.32 Å². The Hall–Kier alpha value is -0.340. The maximum atomic E-state index is 8.76. The number of rotatable bonds is 3. The van der Waals surface area contributed by atoms with E-state index in [0.29, 0.717) is 12.0 Å². The van der Waals surface area contributed by atoms with Gasteiger partial charge in [-0.25, -0.2) is 0 Å². The Bertz CT molecular complexity index is 114. The van der Waals surface area contributed by atoms with Crippen LogP contribution in [0.5, 0.6) is 0 Å². The van der Waals surface area contributed by atoms with Gasteiger partial charge in [0, 0.05) is 6.04 Å². The predicted molar refractivity (Wildman–Crippen MR) is 41.8 cm³/mol. The molecule has 1 aliphatic rings. The lowest BCUT2D eigenvalue weighted by Gasteiger charge is -2.04. The zero-order chi connectivity index (χ0) is 7.40. The van der Waals surface area contributed by atoms with E-state index in [4.69, 9.17) is 5.11 Å². The van der Waals surface area contributed by atoms with E-state index >= 15 is 0 Å². The lowest BCUT2D eigenvalue weighted by Crippen LogP contribution is -2.24. The molecule has 1 saturated heterocycles. The molecule has 1 fully saturated rings. The predicted octanol–water partition coefficient (Wildman–Crippen LogP) is 0.533. The van der Waals surface area contributed by atoms with Gasteiger partial charge >= 0.3 is 0 Å². The molecule has 0 aliphatic carbocycles. The van der Waals surface area contributed by atoms with Crippen LogP contribution in [0, 0.1) is 5.92 Å². The van der Waals surface area contributed by atoms with E-state index in [9.17, 15) is 0 Å². The molecule has 0 bridgehead atoms. The molecule has 0 spiro atoms. The molecular formula is C8H15NO. The van der Waals surface area contributed by atoms with Gasteiger partial charge in [0.25, 0.3) is 0 Å². The summed E-state index contributed by atoms with van der Waals surface area (Å²) < 4.78 is 0. The molecule has 2 heteroatoms. The van der Waals surface area contributed by atoms with Crippen molar-refractivity contribution < 1.29 is 5.11 Å². The third-order valence-electron chi connectivity index (χ3n) is 2.03. The molecule has 0 aromatic rings. The van der Waals surface area contributed by atoms with Crippen LogP contribution in [0.25, 0.3) is 0 Å². The zero-order valence-corrected chi connectivity index (χ0v) is 6.21. The maximum absolute atomic E-state index is 8.76. The number of aliphatic hydroxyl groups excluding tert-OH is 1. The Balaban J connectivity index is 2.21. The Kier molecular flexibility index (Phi) is 2.90. The van der Waals surface area contributed by atoms with Crippen LogP contribution >= 0.6 is 0 Å². The molecule has 2 N–H and O–H groups in total. The summed E-state index contributed by atoms with van der Waals surface area (Å²) in [6, 6.07) is 0.338. The molecular weight excluding hydrogens is 126 g/mol. The van der Waals surface area contributed by atoms with Gasteiger partial charge < -0.3 is 10.4 Å². The second kappa shape index (κ2) is 3.74. The topological polar surface area (TPSA) is 32.3 Å². The van der Waals surface area contributed by atoms with Gasteiger partial charge in [0.05, 0.1) is 6.61 Å². The molecule has 2 nitrogen and oxygen atoms in total. The zero-order valence-electron chi connectivity index (χ0n) is 6.21. The smallest absolute Gasteiger partial charge is 0.0584 e. The van der Waals surface area contributed by atoms with Crippen molar-refractivity contribution >= 4 is 0 Å². The number of aliphatic hydroxyl groups is 1. The Morgan fingerprint density at radius 3 is 3.00 bits per heavy atom. The summed E-state index contributed by atoms with van der Waals surface area (Å²) in [7, 11) is 0. The van der Waals surface area contributed by atoms with Gasteiger partial charge in [-0.3, -0.25) is 0 Å². The summed E-state index contributed by atoms with van der Waals surface area (Å²) >= 11 is 0. The van der Waals surface area contributed by atoms with E-state index < -0.39 is 0 Å². The third-order valence-corrected chi connectivity index (χ3v) is 2.03. The van der Waals surface area contributed by atoms with Gasteiger partial charge in [-0.15, -0.1) is 6.58 Å². The summed E-state index contributed by atoms with van der Waals surface area (Å²) in [5, 5.41) is 12.0. The maximum Gasteiger partial charge on any atom is 0.0584 e. The van der Waals surface area contributed by atoms with E-state index in [1.54, 1.807) is 0 Å². The average Bonchev–Trinajstić information content (AvgIpc) is 2.37. The molecule has 0 saturated carbocycles. The third kappa shape index (κ3) is 1.82. The van der Waals surface area contributed by atoms with Gasteiger partial charge in [0.1, 0.15) is 0 Å². The molecule has 1 aliphatic heterocycles. The second-order valence-electron chi connectivity index (χ2n) is 2.91. The van der Waals surface area contributed by atoms with Gasteiger partial charge in [-0.2, -0.15) is 0 Å². The van der Waals surface area contributed by atoms with Crippen LogP contribution in [-0.4, -0.2) is 24.3 Å². The monoisotopic (exact) mass is 141 g/mol. The van der Waals surface area contributed by atoms with Crippen LogP contribution in [0.2, 0.25) is 0 Å². The minimum Gasteiger partial charge on any atom is -0.395 e. The van der Waals surface area contributed by atoms with Crippen molar-refractivity contribution in [3.05, 3.63) is 12.7 Å². The Labute approximate surface area is 61.9 Å². The normalized spacial score (nSPS) is 32.5. The number of allylic oxidation sites excluding steroid dienone is 1. The highest BCUT2D eigenvalue weighted by molar-refractivity contribution is 4.85. The van der Waals surface area contributed by atoms with Crippen LogP contribution in [0.1, 0.15) is 12.8 Å². The lowest BCUT2D eigenvalue weighted by atomic mass is 10.0. The van der Waals surface area contributed by atoms with Crippen molar-refractivity contribution in [2.75, 3.05) is 13.2 Å². The van der Waals surface area contributed by atoms with Crippen molar-refractivity contribution in [3.8, 4) is 0 Å². The molecule has 0 aromatic carbocycles. The molecule has 2 atom stereocenters. The number of hydrogen-bond acceptors (Lipinski definition) is 2. The summed E-state index contributed by atoms with van der Waals surface area (Å²) in [6.07, 6.45) is 4.12. The minimum atomic E-state index is 0.271. The van der Waals surface area contributed by atoms with E-state index in [-0.39, 0.29) is 6.61 Å². The number of hydrogen-bond donors (Lipinski definition) is 2. The molecule has 10 heavy (non-hydrogen) atoms. The van der Waals surface area contributed by atoms with Crippen LogP contribution in [-0.2, 0) is 0 Å². The molecule has 0 radical (unpaired) electrons. The fourth-order valence-corrected chi connectivity index (χ4v) is 1.46. The second-order valence-corrected chi connectivity index (χ2v) is 2.91. The fourth-order valence-electron chi connectivity index (χ4n) is 1.46. The standard InChI is InChI=1S/C8H15NO/c1-2-3-7-4-8(6-10)9-5-7/h2,7-10H,1,3-6H2/t7-,8+/m1/s1. The first-order chi connectivity index (χ1) is 4.86. The quantitative estimate of drug-likeness (QED) is 0.562. The fraction of sp³-hybridized carbons (Fsp3) is 0.750. The summed E-state index contributed by atoms with van der Waals surface area (Å²) in [6.45, 7) is 5.00. The van der Waals surface area contributed by atoms with Gasteiger partial charge in [0.15, 0.2) is 0 Å². The molecule has 1 heterocycles. The van der Waals surface area contributed by atoms with Crippen molar-refractivity contribution in [2.24, 2.45) is 5.92 Å². The van der Waals surface area contributed by atoms with Crippen molar-refractivity contribution in [3.63, 3.8) is 0 Å². The first-order valence-electron chi connectivity index (χ1n) is 3.82. The van der Waals surface area contributed by atoms with E-state index in [1.165, 1.54) is 0 Å². The van der Waals surface area contributed by atoms with Crippen LogP contribution in [0.4, 0.5) is 0 Å². The average molecular weight is 141 g/mol. The van der Waals surface area contributed by atoms with E-state index in [0.717, 1.165) is 19.4 Å². The largest absolute Gasteiger partial charge is 0.395 e. The molecule has 1 rings (SSSR count). The van der Waals surface area contributed by atoms with Gasteiger partial charge in [0.2, 0.25) is 0 Å². The van der Waals surface area contributed by atoms with E-state index in [1.807, 2.05) is 6.08 Å². The molecule has 0 aromatic heterocycles. The Morgan fingerprint density at radius 2 is 2.50 bits per heavy atom. The minimum absolute atomic E-state index is 0.271. The highest BCUT2D eigenvalue weighted by Gasteiger charge is 2.21. The Morgan fingerprint density at radius 1 is 1.70 bits per heavy atom. The summed E-state index contributed by atoms with van der Waals surface area (Å²) in [4.78, 5) is 0. The molecule has 0 unspecified atom stereocenters. The van der Waals surface area contributed by atoms with Crippen LogP contribution in [0.15, 0.2) is 12.7 Å². The highest BCUT2D eigenvalue weighted by atomic mass is 16.3. The molecule has 58 valence electrons. The number of nitrogens with one attached hydrogen (secondary N) is 1. The molecule has 0 amide bonds. The van der Waals surface area contributed by atoms with Crippen molar-refractivity contribution in [1.29, 1.82) is 0 Å². The van der Waals surface area contributed by atoms with Gasteiger partial charge in [-0.05, 0) is 25.3 Å². The first-order valence-corrected chi connectivity index (χ1v) is 3.82. The summed E-state index contributed by atoms with van der Waals surface area (Å²) in [5.41, 5.74) is 0. The first kappa shape index (κ1) is 7.76.